The summed E-state index contributed by atoms with van der Waals surface area (Å²) in [7, 11) is 0. The second-order valence-corrected chi connectivity index (χ2v) is 7.55. The summed E-state index contributed by atoms with van der Waals surface area (Å²) in [5, 5.41) is 2.76. The Kier molecular flexibility index (Phi) is 4.62. The lowest BCUT2D eigenvalue weighted by Crippen LogP contribution is -2.60. The molecule has 1 aromatic rings. The summed E-state index contributed by atoms with van der Waals surface area (Å²) in [6.07, 6.45) is 0.792. The first kappa shape index (κ1) is 14.5. The predicted octanol–water partition coefficient (Wildman–Crippen LogP) is 2.04. The van der Waals surface area contributed by atoms with E-state index in [0.29, 0.717) is 6.54 Å². The van der Waals surface area contributed by atoms with Gasteiger partial charge in [0.1, 0.15) is 6.04 Å². The molecule has 0 saturated carbocycles. The second kappa shape index (κ2) is 6.05. The molecule has 0 radical (unpaired) electrons. The van der Waals surface area contributed by atoms with Crippen molar-refractivity contribution < 1.29 is 9.59 Å². The smallest absolute Gasteiger partial charge is 0.245 e. The minimum Gasteiger partial charge on any atom is -0.343 e. The third-order valence-corrected chi connectivity index (χ3v) is 4.84. The van der Waals surface area contributed by atoms with Gasteiger partial charge in [-0.15, -0.1) is 11.3 Å². The van der Waals surface area contributed by atoms with Gasteiger partial charge in [0.2, 0.25) is 11.8 Å². The molecule has 2 amide bonds. The molecule has 1 atom stereocenters. The molecule has 2 rings (SSSR count). The van der Waals surface area contributed by atoms with E-state index < -0.39 is 0 Å². The molecule has 1 aliphatic rings. The number of rotatable bonds is 4. The van der Waals surface area contributed by atoms with Crippen molar-refractivity contribution in [2.45, 2.75) is 26.3 Å². The summed E-state index contributed by atoms with van der Waals surface area (Å²) in [6.45, 7) is 4.67. The highest BCUT2D eigenvalue weighted by Gasteiger charge is 2.34. The fourth-order valence-electron chi connectivity index (χ4n) is 2.10. The Hall–Kier alpha value is -0.880. The maximum Gasteiger partial charge on any atom is 0.245 e. The molecule has 1 aliphatic heterocycles. The average Bonchev–Trinajstić information content (AvgIpc) is 2.75. The summed E-state index contributed by atoms with van der Waals surface area (Å²) in [4.78, 5) is 26.8. The SMILES string of the molecule is CC(C)C1NC(=O)CN(CCc2ccc(Br)s2)C1=O. The van der Waals surface area contributed by atoms with Gasteiger partial charge in [-0.3, -0.25) is 9.59 Å². The number of nitrogens with zero attached hydrogens (tertiary/aromatic N) is 1. The molecule has 0 aromatic carbocycles. The quantitative estimate of drug-likeness (QED) is 0.908. The molecule has 2 heterocycles. The number of piperazine rings is 1. The molecule has 0 bridgehead atoms. The zero-order valence-corrected chi connectivity index (χ0v) is 13.4. The Bertz CT molecular complexity index is 487. The molecule has 0 spiro atoms. The van der Waals surface area contributed by atoms with E-state index in [4.69, 9.17) is 0 Å². The molecule has 1 aromatic heterocycles. The fourth-order valence-corrected chi connectivity index (χ4v) is 3.57. The van der Waals surface area contributed by atoms with E-state index in [0.717, 1.165) is 10.2 Å². The number of carbonyl (C=O) groups excluding carboxylic acids is 2. The Morgan fingerprint density at radius 2 is 2.21 bits per heavy atom. The van der Waals surface area contributed by atoms with Gasteiger partial charge >= 0.3 is 0 Å². The third-order valence-electron chi connectivity index (χ3n) is 3.15. The van der Waals surface area contributed by atoms with E-state index in [9.17, 15) is 9.59 Å². The van der Waals surface area contributed by atoms with Gasteiger partial charge in [0.05, 0.1) is 10.3 Å². The van der Waals surface area contributed by atoms with E-state index in [1.165, 1.54) is 4.88 Å². The third kappa shape index (κ3) is 3.57. The highest BCUT2D eigenvalue weighted by atomic mass is 79.9. The van der Waals surface area contributed by atoms with Gasteiger partial charge in [-0.1, -0.05) is 13.8 Å². The minimum atomic E-state index is -0.378. The van der Waals surface area contributed by atoms with Crippen LogP contribution in [0.2, 0.25) is 0 Å². The van der Waals surface area contributed by atoms with Crippen molar-refractivity contribution in [3.05, 3.63) is 20.8 Å². The lowest BCUT2D eigenvalue weighted by atomic mass is 10.0. The summed E-state index contributed by atoms with van der Waals surface area (Å²) in [5.74, 6) is 0.0889. The highest BCUT2D eigenvalue weighted by Crippen LogP contribution is 2.23. The summed E-state index contributed by atoms with van der Waals surface area (Å²) in [5.41, 5.74) is 0. The molecule has 1 N–H and O–H groups in total. The van der Waals surface area contributed by atoms with E-state index in [-0.39, 0.29) is 30.3 Å². The summed E-state index contributed by atoms with van der Waals surface area (Å²) >= 11 is 5.09. The van der Waals surface area contributed by atoms with Gasteiger partial charge < -0.3 is 10.2 Å². The Morgan fingerprint density at radius 3 is 2.79 bits per heavy atom. The van der Waals surface area contributed by atoms with Gasteiger partial charge in [0.25, 0.3) is 0 Å². The van der Waals surface area contributed by atoms with Crippen LogP contribution in [0.15, 0.2) is 15.9 Å². The Morgan fingerprint density at radius 1 is 1.47 bits per heavy atom. The van der Waals surface area contributed by atoms with Crippen LogP contribution in [0.4, 0.5) is 0 Å². The van der Waals surface area contributed by atoms with Crippen LogP contribution in [-0.4, -0.2) is 35.8 Å². The van der Waals surface area contributed by atoms with Crippen molar-refractivity contribution in [3.8, 4) is 0 Å². The van der Waals surface area contributed by atoms with Gasteiger partial charge in [-0.25, -0.2) is 0 Å². The van der Waals surface area contributed by atoms with Crippen molar-refractivity contribution in [3.63, 3.8) is 0 Å². The first-order chi connectivity index (χ1) is 8.97. The van der Waals surface area contributed by atoms with Crippen LogP contribution < -0.4 is 5.32 Å². The van der Waals surface area contributed by atoms with Crippen molar-refractivity contribution >= 4 is 39.1 Å². The number of carbonyl (C=O) groups is 2. The van der Waals surface area contributed by atoms with Crippen molar-refractivity contribution in [1.82, 2.24) is 10.2 Å². The van der Waals surface area contributed by atoms with E-state index in [2.05, 4.69) is 21.2 Å². The first-order valence-electron chi connectivity index (χ1n) is 6.29. The number of hydrogen-bond donors (Lipinski definition) is 1. The van der Waals surface area contributed by atoms with Gasteiger partial charge in [-0.2, -0.15) is 0 Å². The number of hydrogen-bond acceptors (Lipinski definition) is 3. The maximum atomic E-state index is 12.2. The van der Waals surface area contributed by atoms with Crippen LogP contribution in [-0.2, 0) is 16.0 Å². The fraction of sp³-hybridized carbons (Fsp3) is 0.538. The Balaban J connectivity index is 1.98. The van der Waals surface area contributed by atoms with Crippen molar-refractivity contribution in [2.24, 2.45) is 5.92 Å². The molecule has 6 heteroatoms. The number of amides is 2. The molecule has 4 nitrogen and oxygen atoms in total. The molecule has 1 saturated heterocycles. The number of halogens is 1. The van der Waals surface area contributed by atoms with Crippen LogP contribution >= 0.6 is 27.3 Å². The monoisotopic (exact) mass is 344 g/mol. The van der Waals surface area contributed by atoms with E-state index >= 15 is 0 Å². The topological polar surface area (TPSA) is 49.4 Å². The van der Waals surface area contributed by atoms with Crippen LogP contribution in [0.5, 0.6) is 0 Å². The molecule has 1 unspecified atom stereocenters. The molecule has 1 fully saturated rings. The average molecular weight is 345 g/mol. The normalized spacial score (nSPS) is 20.0. The van der Waals surface area contributed by atoms with Gasteiger partial charge in [0.15, 0.2) is 0 Å². The van der Waals surface area contributed by atoms with Crippen molar-refractivity contribution in [2.75, 3.05) is 13.1 Å². The largest absolute Gasteiger partial charge is 0.343 e. The molecular formula is C13H17BrN2O2S. The maximum absolute atomic E-state index is 12.2. The van der Waals surface area contributed by atoms with Gasteiger partial charge in [-0.05, 0) is 40.4 Å². The van der Waals surface area contributed by atoms with Crippen LogP contribution in [0.25, 0.3) is 0 Å². The zero-order chi connectivity index (χ0) is 14.0. The standard InChI is InChI=1S/C13H17BrN2O2S/c1-8(2)12-13(18)16(7-11(17)15-12)6-5-9-3-4-10(14)19-9/h3-4,8,12H,5-7H2,1-2H3,(H,15,17). The summed E-state index contributed by atoms with van der Waals surface area (Å²) < 4.78 is 1.09. The number of nitrogens with one attached hydrogen (secondary N) is 1. The molecule has 19 heavy (non-hydrogen) atoms. The Labute approximate surface area is 125 Å². The number of thiophene rings is 1. The van der Waals surface area contributed by atoms with E-state index in [1.807, 2.05) is 26.0 Å². The molecule has 104 valence electrons. The zero-order valence-electron chi connectivity index (χ0n) is 11.0. The minimum absolute atomic E-state index is 0.0326. The van der Waals surface area contributed by atoms with E-state index in [1.54, 1.807) is 16.2 Å². The highest BCUT2D eigenvalue weighted by molar-refractivity contribution is 9.11. The lowest BCUT2D eigenvalue weighted by molar-refractivity contribution is -0.145. The summed E-state index contributed by atoms with van der Waals surface area (Å²) in [6, 6.07) is 3.67. The molecular weight excluding hydrogens is 328 g/mol. The second-order valence-electron chi connectivity index (χ2n) is 5.00. The first-order valence-corrected chi connectivity index (χ1v) is 7.90. The molecule has 0 aliphatic carbocycles. The lowest BCUT2D eigenvalue weighted by Gasteiger charge is -2.34. The van der Waals surface area contributed by atoms with Crippen LogP contribution in [0, 0.1) is 5.92 Å². The van der Waals surface area contributed by atoms with Crippen LogP contribution in [0.1, 0.15) is 18.7 Å². The van der Waals surface area contributed by atoms with Gasteiger partial charge in [0, 0.05) is 11.4 Å². The van der Waals surface area contributed by atoms with Crippen LogP contribution in [0.3, 0.4) is 0 Å². The predicted molar refractivity (Wildman–Crippen MR) is 79.1 cm³/mol. The van der Waals surface area contributed by atoms with Crippen molar-refractivity contribution in [1.29, 1.82) is 0 Å².